The van der Waals surface area contributed by atoms with Crippen molar-refractivity contribution in [3.8, 4) is 5.69 Å². The van der Waals surface area contributed by atoms with E-state index < -0.39 is 11.2 Å². The molecule has 0 bridgehead atoms. The van der Waals surface area contributed by atoms with Crippen molar-refractivity contribution in [2.24, 2.45) is 11.8 Å². The monoisotopic (exact) mass is 339 g/mol. The molecule has 25 heavy (non-hydrogen) atoms. The predicted octanol–water partition coefficient (Wildman–Crippen LogP) is 0.428. The molecule has 2 aliphatic rings. The fourth-order valence-electron chi connectivity index (χ4n) is 4.18. The van der Waals surface area contributed by atoms with E-state index in [-0.39, 0.29) is 5.69 Å². The maximum absolute atomic E-state index is 12.0. The smallest absolute Gasteiger partial charge is 0.325 e. The molecule has 1 aliphatic heterocycles. The molecule has 1 aliphatic carbocycles. The molecule has 9 heteroatoms. The van der Waals surface area contributed by atoms with Gasteiger partial charge in [0, 0.05) is 25.5 Å². The minimum atomic E-state index is -0.547. The summed E-state index contributed by atoms with van der Waals surface area (Å²) in [4.78, 5) is 38.9. The van der Waals surface area contributed by atoms with Crippen molar-refractivity contribution >= 4 is 16.9 Å². The summed E-state index contributed by atoms with van der Waals surface area (Å²) in [5, 5.41) is 5.19. The molecule has 9 nitrogen and oxygen atoms in total. The fourth-order valence-corrected chi connectivity index (χ4v) is 4.18. The van der Waals surface area contributed by atoms with Crippen molar-refractivity contribution in [3.05, 3.63) is 39.6 Å². The first kappa shape index (κ1) is 14.4. The molecular formula is C16H17N7O2. The number of nitrogens with one attached hydrogen (secondary N) is 2. The second-order valence-corrected chi connectivity index (χ2v) is 6.82. The summed E-state index contributed by atoms with van der Waals surface area (Å²) >= 11 is 0. The number of H-pyrrole nitrogens is 2. The van der Waals surface area contributed by atoms with Gasteiger partial charge in [0.05, 0.1) is 5.39 Å². The van der Waals surface area contributed by atoms with Crippen LogP contribution in [0.5, 0.6) is 0 Å². The molecule has 1 saturated carbocycles. The van der Waals surface area contributed by atoms with E-state index in [1.807, 2.05) is 0 Å². The molecule has 0 spiro atoms. The average Bonchev–Trinajstić information content (AvgIpc) is 3.28. The lowest BCUT2D eigenvalue weighted by Crippen LogP contribution is -2.25. The van der Waals surface area contributed by atoms with Gasteiger partial charge in [0.15, 0.2) is 5.65 Å². The molecule has 3 aromatic rings. The van der Waals surface area contributed by atoms with Crippen LogP contribution in [0.15, 0.2) is 28.3 Å². The van der Waals surface area contributed by atoms with Crippen LogP contribution in [0.4, 0.5) is 5.82 Å². The van der Waals surface area contributed by atoms with Crippen LogP contribution < -0.4 is 16.1 Å². The normalized spacial score (nSPS) is 22.6. The van der Waals surface area contributed by atoms with Crippen molar-refractivity contribution in [1.82, 2.24) is 29.7 Å². The number of hydrogen-bond acceptors (Lipinski definition) is 6. The number of rotatable bonds is 2. The van der Waals surface area contributed by atoms with E-state index >= 15 is 0 Å². The molecule has 2 N–H and O–H groups in total. The summed E-state index contributed by atoms with van der Waals surface area (Å²) in [7, 11) is 0. The lowest BCUT2D eigenvalue weighted by Gasteiger charge is -2.18. The first-order valence-corrected chi connectivity index (χ1v) is 8.47. The number of hydrogen-bond donors (Lipinski definition) is 2. The maximum atomic E-state index is 12.0. The zero-order valence-electron chi connectivity index (χ0n) is 13.5. The zero-order chi connectivity index (χ0) is 17.0. The Morgan fingerprint density at radius 3 is 2.68 bits per heavy atom. The minimum Gasteiger partial charge on any atom is -0.355 e. The van der Waals surface area contributed by atoms with Gasteiger partial charge in [-0.05, 0) is 24.7 Å². The Labute approximate surface area is 141 Å². The van der Waals surface area contributed by atoms with Gasteiger partial charge in [0.2, 0.25) is 0 Å². The van der Waals surface area contributed by atoms with Gasteiger partial charge in [-0.2, -0.15) is 0 Å². The summed E-state index contributed by atoms with van der Waals surface area (Å²) in [6.45, 7) is 2.03. The SMILES string of the molecule is O=c1[nH]cc(-n2cc3c(N4C[C@H]5CCC[C@H]5C4)ncnc3n2)c(=O)[nH]1. The molecular weight excluding hydrogens is 322 g/mol. The molecule has 2 atom stereocenters. The molecule has 0 amide bonds. The topological polar surface area (TPSA) is 113 Å². The summed E-state index contributed by atoms with van der Waals surface area (Å²) in [5.41, 5.74) is -0.272. The molecule has 1 saturated heterocycles. The summed E-state index contributed by atoms with van der Waals surface area (Å²) in [6.07, 6.45) is 8.53. The van der Waals surface area contributed by atoms with Crippen molar-refractivity contribution < 1.29 is 0 Å². The number of aromatic amines is 2. The lowest BCUT2D eigenvalue weighted by atomic mass is 10.0. The Balaban J connectivity index is 1.59. The Morgan fingerprint density at radius 2 is 1.92 bits per heavy atom. The Bertz CT molecular complexity index is 1050. The lowest BCUT2D eigenvalue weighted by molar-refractivity contribution is 0.494. The van der Waals surface area contributed by atoms with Crippen LogP contribution in [-0.4, -0.2) is 42.8 Å². The van der Waals surface area contributed by atoms with Gasteiger partial charge in [-0.15, -0.1) is 5.10 Å². The standard InChI is InChI=1S/C16H17N7O2/c24-15-12(4-17-16(25)20-15)23-7-11-13(21-23)18-8-19-14(11)22-5-9-2-1-3-10(9)6-22/h4,7-10H,1-3,5-6H2,(H2,17,20,24,25)/t9-,10+. The second kappa shape index (κ2) is 5.27. The molecule has 128 valence electrons. The number of fused-ring (bicyclic) bond motifs is 2. The molecule has 0 unspecified atom stereocenters. The molecule has 4 heterocycles. The van der Waals surface area contributed by atoms with Crippen LogP contribution in [0.3, 0.4) is 0 Å². The van der Waals surface area contributed by atoms with Gasteiger partial charge in [0.25, 0.3) is 5.56 Å². The van der Waals surface area contributed by atoms with Gasteiger partial charge in [0.1, 0.15) is 17.8 Å². The largest absolute Gasteiger partial charge is 0.355 e. The Kier molecular flexibility index (Phi) is 3.03. The highest BCUT2D eigenvalue weighted by Crippen LogP contribution is 2.40. The van der Waals surface area contributed by atoms with Crippen molar-refractivity contribution in [2.75, 3.05) is 18.0 Å². The number of anilines is 1. The summed E-state index contributed by atoms with van der Waals surface area (Å²) in [5.74, 6) is 2.37. The van der Waals surface area contributed by atoms with E-state index in [9.17, 15) is 9.59 Å². The highest BCUT2D eigenvalue weighted by molar-refractivity contribution is 5.86. The highest BCUT2D eigenvalue weighted by Gasteiger charge is 2.37. The average molecular weight is 339 g/mol. The third kappa shape index (κ3) is 2.26. The number of nitrogens with zero attached hydrogens (tertiary/aromatic N) is 5. The first-order valence-electron chi connectivity index (χ1n) is 8.47. The van der Waals surface area contributed by atoms with Gasteiger partial charge < -0.3 is 9.88 Å². The molecule has 3 aromatic heterocycles. The molecule has 0 radical (unpaired) electrons. The Morgan fingerprint density at radius 1 is 1.12 bits per heavy atom. The highest BCUT2D eigenvalue weighted by atomic mass is 16.2. The molecule has 0 aromatic carbocycles. The van der Waals surface area contributed by atoms with Gasteiger partial charge in [-0.1, -0.05) is 6.42 Å². The van der Waals surface area contributed by atoms with Gasteiger partial charge in [-0.25, -0.2) is 19.4 Å². The first-order chi connectivity index (χ1) is 12.2. The second-order valence-electron chi connectivity index (χ2n) is 6.82. The quantitative estimate of drug-likeness (QED) is 0.700. The van der Waals surface area contributed by atoms with E-state index in [1.165, 1.54) is 36.5 Å². The zero-order valence-corrected chi connectivity index (χ0v) is 13.5. The van der Waals surface area contributed by atoms with E-state index in [4.69, 9.17) is 0 Å². The summed E-state index contributed by atoms with van der Waals surface area (Å²) < 4.78 is 1.44. The van der Waals surface area contributed by atoms with Crippen LogP contribution in [0.2, 0.25) is 0 Å². The van der Waals surface area contributed by atoms with Crippen molar-refractivity contribution in [3.63, 3.8) is 0 Å². The molecule has 2 fully saturated rings. The van der Waals surface area contributed by atoms with Crippen LogP contribution in [0.1, 0.15) is 19.3 Å². The third-order valence-electron chi connectivity index (χ3n) is 5.37. The number of aromatic nitrogens is 6. The van der Waals surface area contributed by atoms with E-state index in [0.717, 1.165) is 36.1 Å². The van der Waals surface area contributed by atoms with Crippen LogP contribution in [0.25, 0.3) is 16.7 Å². The maximum Gasteiger partial charge on any atom is 0.325 e. The summed E-state index contributed by atoms with van der Waals surface area (Å²) in [6, 6.07) is 0. The van der Waals surface area contributed by atoms with E-state index in [1.54, 1.807) is 6.20 Å². The van der Waals surface area contributed by atoms with Crippen LogP contribution >= 0.6 is 0 Å². The molecule has 5 rings (SSSR count). The third-order valence-corrected chi connectivity index (χ3v) is 5.37. The van der Waals surface area contributed by atoms with Crippen LogP contribution in [0, 0.1) is 11.8 Å². The van der Waals surface area contributed by atoms with Crippen LogP contribution in [-0.2, 0) is 0 Å². The Hall–Kier alpha value is -2.97. The van der Waals surface area contributed by atoms with Crippen molar-refractivity contribution in [1.29, 1.82) is 0 Å². The minimum absolute atomic E-state index is 0.238. The van der Waals surface area contributed by atoms with E-state index in [2.05, 4.69) is 29.9 Å². The predicted molar refractivity (Wildman–Crippen MR) is 90.9 cm³/mol. The van der Waals surface area contributed by atoms with Gasteiger partial charge in [-0.3, -0.25) is 9.78 Å². The van der Waals surface area contributed by atoms with Crippen molar-refractivity contribution in [2.45, 2.75) is 19.3 Å². The van der Waals surface area contributed by atoms with Gasteiger partial charge >= 0.3 is 5.69 Å². The van der Waals surface area contributed by atoms with E-state index in [0.29, 0.717) is 5.65 Å². The fraction of sp³-hybridized carbons (Fsp3) is 0.438.